The molecule has 4 rings (SSSR count). The minimum absolute atomic E-state index is 0.0839. The Morgan fingerprint density at radius 3 is 2.10 bits per heavy atom. The minimum Gasteiger partial charge on any atom is -0.379 e. The van der Waals surface area contributed by atoms with Gasteiger partial charge in [-0.3, -0.25) is 4.79 Å². The van der Waals surface area contributed by atoms with E-state index in [0.29, 0.717) is 17.0 Å². The van der Waals surface area contributed by atoms with Gasteiger partial charge in [-0.2, -0.15) is 18.5 Å². The number of hydrogen-bond donors (Lipinski definition) is 0. The standard InChI is InChI=1S/C23H18N2O4S/c1-17-22(23(26)25(24-17)19-8-4-2-5-9-19)16-18-12-14-20(15-13-18)29-30(27,28)21-10-6-3-7-11-21/h2-16H,1H3/b22-16+. The lowest BCUT2D eigenvalue weighted by molar-refractivity contribution is -0.114. The summed E-state index contributed by atoms with van der Waals surface area (Å²) in [6.07, 6.45) is 1.72. The minimum atomic E-state index is -3.90. The van der Waals surface area contributed by atoms with Gasteiger partial charge in [-0.05, 0) is 55.0 Å². The van der Waals surface area contributed by atoms with Crippen molar-refractivity contribution >= 4 is 33.5 Å². The van der Waals surface area contributed by atoms with Gasteiger partial charge in [0.1, 0.15) is 10.6 Å². The van der Waals surface area contributed by atoms with Gasteiger partial charge < -0.3 is 4.18 Å². The first-order valence-corrected chi connectivity index (χ1v) is 10.6. The highest BCUT2D eigenvalue weighted by Crippen LogP contribution is 2.25. The molecule has 1 amide bonds. The molecule has 0 saturated heterocycles. The molecule has 1 aliphatic rings. The predicted molar refractivity (Wildman–Crippen MR) is 116 cm³/mol. The number of hydrazone groups is 1. The zero-order valence-electron chi connectivity index (χ0n) is 16.1. The van der Waals surface area contributed by atoms with Crippen molar-refractivity contribution < 1.29 is 17.4 Å². The molecule has 1 aliphatic heterocycles. The van der Waals surface area contributed by atoms with E-state index in [4.69, 9.17) is 4.18 Å². The van der Waals surface area contributed by atoms with Gasteiger partial charge in [0.15, 0.2) is 0 Å². The van der Waals surface area contributed by atoms with Crippen molar-refractivity contribution in [2.45, 2.75) is 11.8 Å². The molecule has 3 aromatic rings. The summed E-state index contributed by atoms with van der Waals surface area (Å²) in [6.45, 7) is 1.77. The zero-order valence-corrected chi connectivity index (χ0v) is 16.9. The van der Waals surface area contributed by atoms with Gasteiger partial charge in [0.05, 0.1) is 17.0 Å². The fourth-order valence-electron chi connectivity index (χ4n) is 2.98. The number of anilines is 1. The van der Waals surface area contributed by atoms with Gasteiger partial charge in [0.2, 0.25) is 0 Å². The lowest BCUT2D eigenvalue weighted by Gasteiger charge is -2.11. The third kappa shape index (κ3) is 4.01. The smallest absolute Gasteiger partial charge is 0.339 e. The lowest BCUT2D eigenvalue weighted by Crippen LogP contribution is -2.21. The molecule has 30 heavy (non-hydrogen) atoms. The number of amides is 1. The highest BCUT2D eigenvalue weighted by Gasteiger charge is 2.28. The van der Waals surface area contributed by atoms with Crippen LogP contribution in [0.25, 0.3) is 6.08 Å². The molecule has 0 spiro atoms. The van der Waals surface area contributed by atoms with Crippen LogP contribution in [0.3, 0.4) is 0 Å². The topological polar surface area (TPSA) is 76.0 Å². The fourth-order valence-corrected chi connectivity index (χ4v) is 3.93. The van der Waals surface area contributed by atoms with Crippen LogP contribution in [0.15, 0.2) is 100 Å². The largest absolute Gasteiger partial charge is 0.379 e. The molecule has 0 aliphatic carbocycles. The van der Waals surface area contributed by atoms with Crippen molar-refractivity contribution in [1.29, 1.82) is 0 Å². The Balaban J connectivity index is 1.53. The summed E-state index contributed by atoms with van der Waals surface area (Å²) in [5, 5.41) is 5.71. The summed E-state index contributed by atoms with van der Waals surface area (Å²) in [5.41, 5.74) is 2.51. The Hall–Kier alpha value is -3.71. The van der Waals surface area contributed by atoms with E-state index < -0.39 is 10.1 Å². The number of carbonyl (C=O) groups is 1. The molecule has 6 nitrogen and oxygen atoms in total. The maximum absolute atomic E-state index is 12.8. The van der Waals surface area contributed by atoms with Crippen LogP contribution < -0.4 is 9.19 Å². The van der Waals surface area contributed by atoms with Crippen molar-refractivity contribution in [3.8, 4) is 5.75 Å². The molecule has 0 aromatic heterocycles. The van der Waals surface area contributed by atoms with Gasteiger partial charge in [-0.25, -0.2) is 0 Å². The number of benzene rings is 3. The molecule has 0 N–H and O–H groups in total. The van der Waals surface area contributed by atoms with E-state index in [2.05, 4.69) is 5.10 Å². The summed E-state index contributed by atoms with van der Waals surface area (Å²) in [5.74, 6) is -0.0271. The Morgan fingerprint density at radius 1 is 0.867 bits per heavy atom. The average Bonchev–Trinajstić information content (AvgIpc) is 3.04. The number of rotatable bonds is 5. The molecule has 0 radical (unpaired) electrons. The average molecular weight is 418 g/mol. The number of hydrogen-bond acceptors (Lipinski definition) is 5. The van der Waals surface area contributed by atoms with Gasteiger partial charge in [0.25, 0.3) is 5.91 Å². The molecule has 7 heteroatoms. The molecule has 0 atom stereocenters. The molecule has 0 saturated carbocycles. The van der Waals surface area contributed by atoms with E-state index in [-0.39, 0.29) is 16.6 Å². The van der Waals surface area contributed by atoms with Crippen molar-refractivity contribution in [2.75, 3.05) is 5.01 Å². The zero-order chi connectivity index (χ0) is 21.1. The second kappa shape index (κ2) is 7.96. The molecule has 0 fully saturated rings. The Kier molecular flexibility index (Phi) is 5.20. The second-order valence-corrected chi connectivity index (χ2v) is 8.16. The van der Waals surface area contributed by atoms with Crippen LogP contribution in [0, 0.1) is 0 Å². The van der Waals surface area contributed by atoms with E-state index >= 15 is 0 Å². The van der Waals surface area contributed by atoms with Crippen molar-refractivity contribution in [1.82, 2.24) is 0 Å². The van der Waals surface area contributed by atoms with Gasteiger partial charge in [-0.1, -0.05) is 48.5 Å². The van der Waals surface area contributed by atoms with E-state index in [1.165, 1.54) is 17.1 Å². The highest BCUT2D eigenvalue weighted by atomic mass is 32.2. The van der Waals surface area contributed by atoms with Crippen LogP contribution in [-0.2, 0) is 14.9 Å². The Labute approximate surface area is 174 Å². The number of carbonyl (C=O) groups excluding carboxylic acids is 1. The quantitative estimate of drug-likeness (QED) is 0.458. The first kappa shape index (κ1) is 19.6. The molecular formula is C23H18N2O4S. The van der Waals surface area contributed by atoms with E-state index in [1.807, 2.05) is 30.3 Å². The number of nitrogens with zero attached hydrogens (tertiary/aromatic N) is 2. The van der Waals surface area contributed by atoms with Crippen molar-refractivity contribution in [2.24, 2.45) is 5.10 Å². The van der Waals surface area contributed by atoms with Crippen molar-refractivity contribution in [3.05, 3.63) is 96.1 Å². The normalized spacial score (nSPS) is 15.4. The second-order valence-electron chi connectivity index (χ2n) is 6.62. The van der Waals surface area contributed by atoms with Crippen LogP contribution in [0.1, 0.15) is 12.5 Å². The van der Waals surface area contributed by atoms with Crippen LogP contribution in [-0.4, -0.2) is 20.0 Å². The number of para-hydroxylation sites is 1. The third-order valence-corrected chi connectivity index (χ3v) is 5.75. The van der Waals surface area contributed by atoms with Crippen LogP contribution in [0.4, 0.5) is 5.69 Å². The van der Waals surface area contributed by atoms with Gasteiger partial charge in [-0.15, -0.1) is 0 Å². The predicted octanol–water partition coefficient (Wildman–Crippen LogP) is 4.26. The first-order valence-electron chi connectivity index (χ1n) is 9.20. The van der Waals surface area contributed by atoms with E-state index in [1.54, 1.807) is 55.5 Å². The SMILES string of the molecule is CC1=NN(c2ccccc2)C(=O)/C1=C/c1ccc(OS(=O)(=O)c2ccccc2)cc1. The van der Waals surface area contributed by atoms with Gasteiger partial charge >= 0.3 is 10.1 Å². The molecule has 150 valence electrons. The molecule has 0 unspecified atom stereocenters. The first-order chi connectivity index (χ1) is 14.4. The molecule has 1 heterocycles. The van der Waals surface area contributed by atoms with Crippen LogP contribution in [0.5, 0.6) is 5.75 Å². The maximum Gasteiger partial charge on any atom is 0.339 e. The van der Waals surface area contributed by atoms with Crippen molar-refractivity contribution in [3.63, 3.8) is 0 Å². The van der Waals surface area contributed by atoms with Crippen LogP contribution in [0.2, 0.25) is 0 Å². The van der Waals surface area contributed by atoms with Crippen LogP contribution >= 0.6 is 0 Å². The lowest BCUT2D eigenvalue weighted by atomic mass is 10.1. The van der Waals surface area contributed by atoms with E-state index in [9.17, 15) is 13.2 Å². The summed E-state index contributed by atoms with van der Waals surface area (Å²) < 4.78 is 29.8. The summed E-state index contributed by atoms with van der Waals surface area (Å²) in [4.78, 5) is 12.9. The summed E-state index contributed by atoms with van der Waals surface area (Å²) in [7, 11) is -3.90. The Bertz CT molecular complexity index is 1230. The maximum atomic E-state index is 12.8. The third-order valence-electron chi connectivity index (χ3n) is 4.49. The molecular weight excluding hydrogens is 400 g/mol. The molecule has 0 bridgehead atoms. The van der Waals surface area contributed by atoms with E-state index in [0.717, 1.165) is 5.56 Å². The molecule has 3 aromatic carbocycles. The van der Waals surface area contributed by atoms with Gasteiger partial charge in [0, 0.05) is 0 Å². The highest BCUT2D eigenvalue weighted by molar-refractivity contribution is 7.87. The Morgan fingerprint density at radius 2 is 1.47 bits per heavy atom. The monoisotopic (exact) mass is 418 g/mol. The fraction of sp³-hybridized carbons (Fsp3) is 0.0435. The summed E-state index contributed by atoms with van der Waals surface area (Å²) >= 11 is 0. The summed E-state index contributed by atoms with van der Waals surface area (Å²) in [6, 6.07) is 23.6.